The maximum atomic E-state index is 13.5. The van der Waals surface area contributed by atoms with Crippen LogP contribution in [-0.2, 0) is 11.3 Å². The van der Waals surface area contributed by atoms with Crippen molar-refractivity contribution < 1.29 is 14.3 Å². The summed E-state index contributed by atoms with van der Waals surface area (Å²) < 4.78 is 14.8. The van der Waals surface area contributed by atoms with E-state index in [1.54, 1.807) is 18.3 Å². The van der Waals surface area contributed by atoms with Crippen LogP contribution in [0.3, 0.4) is 0 Å². The van der Waals surface area contributed by atoms with Crippen LogP contribution in [0.5, 0.6) is 0 Å². The zero-order chi connectivity index (χ0) is 20.1. The lowest BCUT2D eigenvalue weighted by Crippen LogP contribution is -2.18. The first-order valence-corrected chi connectivity index (χ1v) is 8.55. The van der Waals surface area contributed by atoms with Crippen molar-refractivity contribution >= 4 is 35.0 Å². The van der Waals surface area contributed by atoms with Gasteiger partial charge in [0.25, 0.3) is 0 Å². The summed E-state index contributed by atoms with van der Waals surface area (Å²) in [6, 6.07) is 5.24. The van der Waals surface area contributed by atoms with Crippen molar-refractivity contribution in [2.45, 2.75) is 12.6 Å². The molecule has 28 heavy (non-hydrogen) atoms. The van der Waals surface area contributed by atoms with Gasteiger partial charge in [-0.2, -0.15) is 10.1 Å². The molecule has 9 nitrogen and oxygen atoms in total. The Morgan fingerprint density at radius 1 is 1.39 bits per heavy atom. The first-order chi connectivity index (χ1) is 13.4. The van der Waals surface area contributed by atoms with Crippen LogP contribution in [0.1, 0.15) is 11.6 Å². The third-order valence-electron chi connectivity index (χ3n) is 3.70. The Bertz CT molecular complexity index is 982. The SMILES string of the molecule is NC(=O)Cn1cc(Nc2ncc(Cl)c(NC(CO)c3cccc(F)c3)n2)cn1. The fraction of sp³-hybridized carbons (Fsp3) is 0.176. The average molecular weight is 406 g/mol. The van der Waals surface area contributed by atoms with E-state index in [4.69, 9.17) is 17.3 Å². The van der Waals surface area contributed by atoms with Gasteiger partial charge in [-0.25, -0.2) is 9.37 Å². The summed E-state index contributed by atoms with van der Waals surface area (Å²) in [7, 11) is 0. The van der Waals surface area contributed by atoms with Gasteiger partial charge in [0.15, 0.2) is 5.82 Å². The number of halogens is 2. The molecule has 2 aromatic heterocycles. The topological polar surface area (TPSA) is 131 Å². The van der Waals surface area contributed by atoms with Crippen LogP contribution in [-0.4, -0.2) is 37.4 Å². The Morgan fingerprint density at radius 3 is 2.93 bits per heavy atom. The molecule has 0 aliphatic rings. The molecule has 0 aliphatic carbocycles. The minimum atomic E-state index is -0.616. The molecule has 0 spiro atoms. The normalized spacial score (nSPS) is 11.8. The van der Waals surface area contributed by atoms with Crippen molar-refractivity contribution in [1.82, 2.24) is 19.7 Å². The van der Waals surface area contributed by atoms with E-state index in [2.05, 4.69) is 25.7 Å². The Balaban J connectivity index is 1.77. The molecule has 2 heterocycles. The van der Waals surface area contributed by atoms with Gasteiger partial charge in [-0.15, -0.1) is 0 Å². The van der Waals surface area contributed by atoms with Crippen LogP contribution in [0.15, 0.2) is 42.9 Å². The van der Waals surface area contributed by atoms with Gasteiger partial charge >= 0.3 is 0 Å². The third kappa shape index (κ3) is 4.93. The highest BCUT2D eigenvalue weighted by Crippen LogP contribution is 2.26. The third-order valence-corrected chi connectivity index (χ3v) is 3.97. The molecule has 1 atom stereocenters. The van der Waals surface area contributed by atoms with Crippen LogP contribution in [0.25, 0.3) is 0 Å². The molecule has 0 saturated carbocycles. The molecular weight excluding hydrogens is 389 g/mol. The van der Waals surface area contributed by atoms with E-state index in [0.29, 0.717) is 11.3 Å². The zero-order valence-electron chi connectivity index (χ0n) is 14.5. The predicted octanol–water partition coefficient (Wildman–Crippen LogP) is 1.84. The van der Waals surface area contributed by atoms with Gasteiger partial charge in [-0.05, 0) is 17.7 Å². The Hall–Kier alpha value is -3.24. The highest BCUT2D eigenvalue weighted by atomic mass is 35.5. The second-order valence-corrected chi connectivity index (χ2v) is 6.25. The van der Waals surface area contributed by atoms with Gasteiger partial charge in [0.2, 0.25) is 11.9 Å². The predicted molar refractivity (Wildman–Crippen MR) is 102 cm³/mol. The minimum absolute atomic E-state index is 0.0538. The molecule has 1 aromatic carbocycles. The van der Waals surface area contributed by atoms with E-state index in [9.17, 15) is 14.3 Å². The van der Waals surface area contributed by atoms with Gasteiger partial charge in [0.1, 0.15) is 17.4 Å². The number of hydrogen-bond acceptors (Lipinski definition) is 7. The van der Waals surface area contributed by atoms with Crippen molar-refractivity contribution in [2.24, 2.45) is 5.73 Å². The van der Waals surface area contributed by atoms with Crippen LogP contribution in [0.4, 0.5) is 21.8 Å². The number of hydrogen-bond donors (Lipinski definition) is 4. The number of amides is 1. The van der Waals surface area contributed by atoms with Gasteiger partial charge in [-0.3, -0.25) is 9.48 Å². The van der Waals surface area contributed by atoms with Crippen LogP contribution < -0.4 is 16.4 Å². The number of anilines is 3. The lowest BCUT2D eigenvalue weighted by molar-refractivity contribution is -0.118. The number of nitrogens with two attached hydrogens (primary N) is 1. The molecule has 0 aliphatic heterocycles. The Morgan fingerprint density at radius 2 is 2.21 bits per heavy atom. The lowest BCUT2D eigenvalue weighted by atomic mass is 10.1. The van der Waals surface area contributed by atoms with Crippen LogP contribution >= 0.6 is 11.6 Å². The molecule has 1 amide bonds. The smallest absolute Gasteiger partial charge is 0.239 e. The molecule has 1 unspecified atom stereocenters. The van der Waals surface area contributed by atoms with Crippen LogP contribution in [0.2, 0.25) is 5.02 Å². The molecule has 0 bridgehead atoms. The van der Waals surface area contributed by atoms with E-state index in [0.717, 1.165) is 0 Å². The standard InChI is InChI=1S/C17H17ClFN7O2/c18-13-6-21-17(23-12-5-22-26(7-12)8-15(20)28)25-16(13)24-14(9-27)10-2-1-3-11(19)4-10/h1-7,14,27H,8-9H2,(H2,20,28)(H2,21,23,24,25). The second kappa shape index (κ2) is 8.63. The number of aromatic nitrogens is 4. The number of aliphatic hydroxyl groups is 1. The van der Waals surface area contributed by atoms with Crippen molar-refractivity contribution in [3.63, 3.8) is 0 Å². The molecule has 3 aromatic rings. The summed E-state index contributed by atoms with van der Waals surface area (Å²) in [6.45, 7) is -0.353. The van der Waals surface area contributed by atoms with E-state index in [1.165, 1.54) is 29.2 Å². The highest BCUT2D eigenvalue weighted by molar-refractivity contribution is 6.32. The molecular formula is C17H17ClFN7O2. The van der Waals surface area contributed by atoms with Gasteiger partial charge in [0, 0.05) is 6.20 Å². The quantitative estimate of drug-likeness (QED) is 0.449. The average Bonchev–Trinajstić information content (AvgIpc) is 3.08. The monoisotopic (exact) mass is 405 g/mol. The number of nitrogens with zero attached hydrogens (tertiary/aromatic N) is 4. The van der Waals surface area contributed by atoms with E-state index in [1.807, 2.05) is 0 Å². The largest absolute Gasteiger partial charge is 0.394 e. The van der Waals surface area contributed by atoms with Crippen molar-refractivity contribution in [3.05, 3.63) is 59.3 Å². The number of aliphatic hydroxyl groups excluding tert-OH is 1. The lowest BCUT2D eigenvalue weighted by Gasteiger charge is -2.18. The number of benzene rings is 1. The summed E-state index contributed by atoms with van der Waals surface area (Å²) in [5.41, 5.74) is 6.21. The zero-order valence-corrected chi connectivity index (χ0v) is 15.3. The number of carbonyl (C=O) groups excluding carboxylic acids is 1. The first-order valence-electron chi connectivity index (χ1n) is 8.18. The molecule has 0 radical (unpaired) electrons. The highest BCUT2D eigenvalue weighted by Gasteiger charge is 2.15. The minimum Gasteiger partial charge on any atom is -0.394 e. The Labute approximate surface area is 164 Å². The Kier molecular flexibility index (Phi) is 6.02. The van der Waals surface area contributed by atoms with Crippen LogP contribution in [0, 0.1) is 5.82 Å². The number of primary amides is 1. The summed E-state index contributed by atoms with van der Waals surface area (Å²) in [5.74, 6) is -0.466. The maximum absolute atomic E-state index is 13.5. The first kappa shape index (κ1) is 19.5. The summed E-state index contributed by atoms with van der Waals surface area (Å²) in [4.78, 5) is 19.3. The molecule has 5 N–H and O–H groups in total. The van der Waals surface area contributed by atoms with Gasteiger partial charge in [0.05, 0.1) is 30.7 Å². The summed E-state index contributed by atoms with van der Waals surface area (Å²) in [5, 5.41) is 19.8. The van der Waals surface area contributed by atoms with Crippen molar-refractivity contribution in [1.29, 1.82) is 0 Å². The molecule has 146 valence electrons. The second-order valence-electron chi connectivity index (χ2n) is 5.84. The summed E-state index contributed by atoms with van der Waals surface area (Å²) >= 11 is 6.14. The summed E-state index contributed by atoms with van der Waals surface area (Å²) in [6.07, 6.45) is 4.43. The van der Waals surface area contributed by atoms with E-state index in [-0.39, 0.29) is 29.9 Å². The number of nitrogens with one attached hydrogen (secondary N) is 2. The fourth-order valence-electron chi connectivity index (χ4n) is 2.45. The van der Waals surface area contributed by atoms with Gasteiger partial charge < -0.3 is 21.5 Å². The van der Waals surface area contributed by atoms with E-state index >= 15 is 0 Å². The number of carbonyl (C=O) groups is 1. The molecule has 3 rings (SSSR count). The van der Waals surface area contributed by atoms with Gasteiger partial charge in [-0.1, -0.05) is 23.7 Å². The molecule has 0 fully saturated rings. The van der Waals surface area contributed by atoms with Crippen molar-refractivity contribution in [3.8, 4) is 0 Å². The van der Waals surface area contributed by atoms with Crippen molar-refractivity contribution in [2.75, 3.05) is 17.2 Å². The maximum Gasteiger partial charge on any atom is 0.239 e. The number of rotatable bonds is 8. The molecule has 11 heteroatoms. The molecule has 0 saturated heterocycles. The fourth-order valence-corrected chi connectivity index (χ4v) is 2.60. The van der Waals surface area contributed by atoms with E-state index < -0.39 is 17.8 Å².